The molecular weight excluding hydrogens is 707 g/mol. The summed E-state index contributed by atoms with van der Waals surface area (Å²) in [6.07, 6.45) is 0. The third-order valence-electron chi connectivity index (χ3n) is 11.5. The molecule has 0 aliphatic rings. The molecule has 0 bridgehead atoms. The predicted molar refractivity (Wildman–Crippen MR) is 239 cm³/mol. The number of benzene rings is 8. The van der Waals surface area contributed by atoms with E-state index in [1.54, 1.807) is 0 Å². The Bertz CT molecular complexity index is 3490. The van der Waals surface area contributed by atoms with E-state index in [-0.39, 0.29) is 0 Å². The molecular formula is C53H33N5. The van der Waals surface area contributed by atoms with Gasteiger partial charge in [0.05, 0.1) is 27.6 Å². The van der Waals surface area contributed by atoms with E-state index in [2.05, 4.69) is 148 Å². The lowest BCUT2D eigenvalue weighted by molar-refractivity contribution is 1.07. The van der Waals surface area contributed by atoms with Gasteiger partial charge in [0.25, 0.3) is 0 Å². The van der Waals surface area contributed by atoms with Gasteiger partial charge in [-0.25, -0.2) is 15.0 Å². The summed E-state index contributed by atoms with van der Waals surface area (Å²) in [7, 11) is 0. The molecule has 0 aliphatic heterocycles. The van der Waals surface area contributed by atoms with Gasteiger partial charge in [-0.2, -0.15) is 0 Å². The first-order valence-corrected chi connectivity index (χ1v) is 19.6. The fourth-order valence-electron chi connectivity index (χ4n) is 8.81. The molecule has 58 heavy (non-hydrogen) atoms. The minimum atomic E-state index is 0.642. The number of para-hydroxylation sites is 3. The Morgan fingerprint density at radius 2 is 0.793 bits per heavy atom. The van der Waals surface area contributed by atoms with Gasteiger partial charge in [-0.15, -0.1) is 0 Å². The highest BCUT2D eigenvalue weighted by Gasteiger charge is 2.18. The van der Waals surface area contributed by atoms with Crippen LogP contribution in [0.2, 0.25) is 0 Å². The van der Waals surface area contributed by atoms with Crippen molar-refractivity contribution >= 4 is 59.9 Å². The Balaban J connectivity index is 1.00. The van der Waals surface area contributed by atoms with Gasteiger partial charge in [0.15, 0.2) is 17.5 Å². The molecule has 0 unspecified atom stereocenters. The largest absolute Gasteiger partial charge is 0.309 e. The third-order valence-corrected chi connectivity index (χ3v) is 11.5. The molecule has 12 aromatic rings. The highest BCUT2D eigenvalue weighted by atomic mass is 15.0. The smallest absolute Gasteiger partial charge is 0.164 e. The van der Waals surface area contributed by atoms with Gasteiger partial charge in [-0.05, 0) is 65.0 Å². The summed E-state index contributed by atoms with van der Waals surface area (Å²) in [5.41, 5.74) is 12.2. The molecule has 0 atom stereocenters. The Labute approximate surface area is 333 Å². The fourth-order valence-corrected chi connectivity index (χ4v) is 8.81. The zero-order valence-corrected chi connectivity index (χ0v) is 31.3. The van der Waals surface area contributed by atoms with Crippen LogP contribution >= 0.6 is 0 Å². The molecule has 270 valence electrons. The second-order valence-electron chi connectivity index (χ2n) is 14.9. The Morgan fingerprint density at radius 1 is 0.276 bits per heavy atom. The van der Waals surface area contributed by atoms with E-state index in [0.717, 1.165) is 33.5 Å². The van der Waals surface area contributed by atoms with Crippen molar-refractivity contribution in [3.8, 4) is 51.0 Å². The maximum absolute atomic E-state index is 4.95. The summed E-state index contributed by atoms with van der Waals surface area (Å²) in [6.45, 7) is 0. The van der Waals surface area contributed by atoms with E-state index in [1.807, 2.05) is 60.7 Å². The van der Waals surface area contributed by atoms with Crippen molar-refractivity contribution in [2.24, 2.45) is 0 Å². The van der Waals surface area contributed by atoms with Crippen LogP contribution in [-0.4, -0.2) is 23.9 Å². The summed E-state index contributed by atoms with van der Waals surface area (Å²) >= 11 is 0. The van der Waals surface area contributed by atoms with Crippen molar-refractivity contribution in [2.75, 3.05) is 0 Å². The van der Waals surface area contributed by atoms with Gasteiger partial charge in [-0.3, -0.25) is 0 Å². The van der Waals surface area contributed by atoms with Crippen LogP contribution in [0.5, 0.6) is 0 Å². The van der Waals surface area contributed by atoms with E-state index in [4.69, 9.17) is 15.0 Å². The molecule has 4 aromatic heterocycles. The van der Waals surface area contributed by atoms with Gasteiger partial charge in [-0.1, -0.05) is 152 Å². The molecule has 5 nitrogen and oxygen atoms in total. The van der Waals surface area contributed by atoms with Crippen LogP contribution in [0.3, 0.4) is 0 Å². The third kappa shape index (κ3) is 5.07. The van der Waals surface area contributed by atoms with Crippen LogP contribution in [0.1, 0.15) is 0 Å². The van der Waals surface area contributed by atoms with Crippen molar-refractivity contribution < 1.29 is 0 Å². The van der Waals surface area contributed by atoms with Gasteiger partial charge >= 0.3 is 0 Å². The minimum absolute atomic E-state index is 0.642. The molecule has 0 saturated carbocycles. The summed E-state index contributed by atoms with van der Waals surface area (Å²) < 4.78 is 4.86. The van der Waals surface area contributed by atoms with E-state index >= 15 is 0 Å². The van der Waals surface area contributed by atoms with Crippen LogP contribution in [-0.2, 0) is 0 Å². The van der Waals surface area contributed by atoms with Crippen molar-refractivity contribution in [1.82, 2.24) is 23.9 Å². The number of nitrogens with zero attached hydrogens (tertiary/aromatic N) is 5. The Kier molecular flexibility index (Phi) is 7.16. The normalized spacial score (nSPS) is 11.8. The van der Waals surface area contributed by atoms with Gasteiger partial charge in [0, 0.05) is 49.3 Å². The highest BCUT2D eigenvalue weighted by molar-refractivity contribution is 6.22. The Morgan fingerprint density at radius 3 is 1.48 bits per heavy atom. The average molecular weight is 740 g/mol. The van der Waals surface area contributed by atoms with Crippen LogP contribution in [0.15, 0.2) is 200 Å². The van der Waals surface area contributed by atoms with Gasteiger partial charge < -0.3 is 8.97 Å². The lowest BCUT2D eigenvalue weighted by Crippen LogP contribution is -2.00. The zero-order valence-electron chi connectivity index (χ0n) is 31.3. The second kappa shape index (κ2) is 12.8. The topological polar surface area (TPSA) is 48.0 Å². The monoisotopic (exact) mass is 739 g/mol. The summed E-state index contributed by atoms with van der Waals surface area (Å²) in [5, 5.41) is 7.47. The molecule has 0 radical (unpaired) electrons. The first kappa shape index (κ1) is 32.4. The Hall–Kier alpha value is -7.89. The van der Waals surface area contributed by atoms with Crippen LogP contribution in [0.4, 0.5) is 0 Å². The number of fused-ring (bicyclic) bond motifs is 11. The first-order valence-electron chi connectivity index (χ1n) is 19.6. The number of pyridine rings is 1. The molecule has 5 heteroatoms. The quantitative estimate of drug-likeness (QED) is 0.165. The van der Waals surface area contributed by atoms with E-state index < -0.39 is 0 Å². The number of hydrogen-bond donors (Lipinski definition) is 0. The minimum Gasteiger partial charge on any atom is -0.309 e. The average Bonchev–Trinajstić information content (AvgIpc) is 3.85. The van der Waals surface area contributed by atoms with Crippen LogP contribution in [0, 0.1) is 0 Å². The molecule has 0 saturated heterocycles. The lowest BCUT2D eigenvalue weighted by Gasteiger charge is -2.13. The van der Waals surface area contributed by atoms with E-state index in [1.165, 1.54) is 59.9 Å². The number of aromatic nitrogens is 5. The molecule has 12 rings (SSSR count). The summed E-state index contributed by atoms with van der Waals surface area (Å²) in [5.74, 6) is 1.95. The fraction of sp³-hybridized carbons (Fsp3) is 0. The van der Waals surface area contributed by atoms with Crippen molar-refractivity contribution in [2.45, 2.75) is 0 Å². The van der Waals surface area contributed by atoms with Crippen molar-refractivity contribution in [3.63, 3.8) is 0 Å². The molecule has 0 fully saturated rings. The lowest BCUT2D eigenvalue weighted by atomic mass is 10.0. The van der Waals surface area contributed by atoms with Crippen LogP contribution in [0.25, 0.3) is 111 Å². The second-order valence-corrected chi connectivity index (χ2v) is 14.9. The zero-order chi connectivity index (χ0) is 38.2. The van der Waals surface area contributed by atoms with E-state index in [9.17, 15) is 0 Å². The molecule has 0 spiro atoms. The molecule has 4 heterocycles. The van der Waals surface area contributed by atoms with Gasteiger partial charge in [0.2, 0.25) is 0 Å². The van der Waals surface area contributed by atoms with Crippen LogP contribution < -0.4 is 0 Å². The summed E-state index contributed by atoms with van der Waals surface area (Å²) in [6, 6.07) is 71.1. The van der Waals surface area contributed by atoms with Crippen molar-refractivity contribution in [1.29, 1.82) is 0 Å². The van der Waals surface area contributed by atoms with Gasteiger partial charge in [0.1, 0.15) is 0 Å². The molecule has 0 aliphatic carbocycles. The maximum atomic E-state index is 4.95. The predicted octanol–water partition coefficient (Wildman–Crippen LogP) is 13.3. The first-order chi connectivity index (χ1) is 28.7. The molecule has 0 N–H and O–H groups in total. The molecule has 0 amide bonds. The standard InChI is InChI=1S/C53H33N5/c1-3-14-35(15-4-1)51-54-52(36-16-5-2-6-17-36)56-53(55-51)37-28-26-34(27-29-37)38-19-13-20-40(30-38)57-47-24-11-9-22-42(47)44-32-43-41-21-8-12-25-48(41)58-46-23-10-7-18-39(46)31-49(58)45(43)33-50(44)57/h1-33H. The number of rotatable bonds is 5. The van der Waals surface area contributed by atoms with Crippen molar-refractivity contribution in [3.05, 3.63) is 200 Å². The molecule has 8 aromatic carbocycles. The summed E-state index contributed by atoms with van der Waals surface area (Å²) in [4.78, 5) is 14.8. The van der Waals surface area contributed by atoms with E-state index in [0.29, 0.717) is 17.5 Å². The number of hydrogen-bond acceptors (Lipinski definition) is 3. The maximum Gasteiger partial charge on any atom is 0.164 e. The SMILES string of the molecule is c1ccc(-c2nc(-c3ccccc3)nc(-c3ccc(-c4cccc(-n5c6ccccc6c6cc7c8ccccc8n8c9ccccc9cc8c7cc65)c4)cc3)n2)cc1. The highest BCUT2D eigenvalue weighted by Crippen LogP contribution is 2.41.